The van der Waals surface area contributed by atoms with Crippen LogP contribution in [0.3, 0.4) is 0 Å². The second kappa shape index (κ2) is 5.31. The summed E-state index contributed by atoms with van der Waals surface area (Å²) in [5.74, 6) is -0.679. The van der Waals surface area contributed by atoms with Crippen LogP contribution in [0.25, 0.3) is 0 Å². The second-order valence-electron chi connectivity index (χ2n) is 4.45. The van der Waals surface area contributed by atoms with Gasteiger partial charge in [0.25, 0.3) is 0 Å². The topological polar surface area (TPSA) is 50.2 Å². The van der Waals surface area contributed by atoms with Crippen molar-refractivity contribution in [2.45, 2.75) is 26.2 Å². The van der Waals surface area contributed by atoms with Crippen LogP contribution in [0.5, 0.6) is 0 Å². The summed E-state index contributed by atoms with van der Waals surface area (Å²) in [5, 5.41) is 10.1. The van der Waals surface area contributed by atoms with E-state index in [1.165, 1.54) is 11.3 Å². The average Bonchev–Trinajstić information content (AvgIpc) is 2.74. The molecule has 0 spiro atoms. The Morgan fingerprint density at radius 2 is 2.00 bits per heavy atom. The summed E-state index contributed by atoms with van der Waals surface area (Å²) >= 11 is 1.50. The van der Waals surface area contributed by atoms with E-state index in [1.807, 2.05) is 44.2 Å². The van der Waals surface area contributed by atoms with Crippen molar-refractivity contribution in [2.24, 2.45) is 0 Å². The Morgan fingerprint density at radius 3 is 2.56 bits per heavy atom. The molecule has 0 radical (unpaired) electrons. The van der Waals surface area contributed by atoms with E-state index in [0.717, 1.165) is 15.4 Å². The Kier molecular flexibility index (Phi) is 3.77. The lowest BCUT2D eigenvalue weighted by Gasteiger charge is -1.99. The summed E-state index contributed by atoms with van der Waals surface area (Å²) in [6.45, 7) is 4.05. The highest BCUT2D eigenvalue weighted by Crippen LogP contribution is 2.27. The monoisotopic (exact) mass is 261 g/mol. The predicted octanol–water partition coefficient (Wildman–Crippen LogP) is 3.56. The van der Waals surface area contributed by atoms with Crippen LogP contribution >= 0.6 is 11.3 Å². The summed E-state index contributed by atoms with van der Waals surface area (Å²) in [6.07, 6.45) is 0.632. The molecule has 1 aromatic carbocycles. The first-order chi connectivity index (χ1) is 8.58. The van der Waals surface area contributed by atoms with E-state index in [9.17, 15) is 9.90 Å². The molecule has 1 aromatic heterocycles. The molecule has 94 valence electrons. The van der Waals surface area contributed by atoms with Gasteiger partial charge in [0.2, 0.25) is 0 Å². The van der Waals surface area contributed by atoms with Crippen LogP contribution in [0.2, 0.25) is 0 Å². The van der Waals surface area contributed by atoms with Gasteiger partial charge in [0, 0.05) is 17.2 Å². The molecule has 0 aliphatic carbocycles. The Balaban J connectivity index is 2.34. The first kappa shape index (κ1) is 12.8. The molecule has 0 aliphatic heterocycles. The molecule has 2 aromatic rings. The third-order valence-corrected chi connectivity index (χ3v) is 3.97. The van der Waals surface area contributed by atoms with E-state index in [2.05, 4.69) is 4.98 Å². The zero-order valence-electron chi connectivity index (χ0n) is 10.4. The van der Waals surface area contributed by atoms with Gasteiger partial charge in [-0.1, -0.05) is 44.2 Å². The molecule has 0 amide bonds. The van der Waals surface area contributed by atoms with Gasteiger partial charge in [-0.3, -0.25) is 0 Å². The fraction of sp³-hybridized carbons (Fsp3) is 0.286. The van der Waals surface area contributed by atoms with Crippen molar-refractivity contribution in [2.75, 3.05) is 0 Å². The minimum absolute atomic E-state index is 0.201. The van der Waals surface area contributed by atoms with Gasteiger partial charge in [-0.2, -0.15) is 0 Å². The number of aromatic carboxylic acids is 1. The minimum Gasteiger partial charge on any atom is -0.476 e. The van der Waals surface area contributed by atoms with Gasteiger partial charge in [-0.15, -0.1) is 11.3 Å². The zero-order valence-corrected chi connectivity index (χ0v) is 11.2. The van der Waals surface area contributed by atoms with Crippen LogP contribution in [-0.4, -0.2) is 16.1 Å². The highest BCUT2D eigenvalue weighted by atomic mass is 32.1. The number of carboxylic acids is 1. The van der Waals surface area contributed by atoms with Gasteiger partial charge < -0.3 is 5.11 Å². The number of carboxylic acid groups (broad SMARTS) is 1. The van der Waals surface area contributed by atoms with Crippen molar-refractivity contribution < 1.29 is 9.90 Å². The molecule has 0 unspecified atom stereocenters. The zero-order chi connectivity index (χ0) is 13.1. The molecule has 1 heterocycles. The average molecular weight is 261 g/mol. The molecular formula is C14H15NO2S. The van der Waals surface area contributed by atoms with Crippen molar-refractivity contribution in [3.8, 4) is 0 Å². The second-order valence-corrected chi connectivity index (χ2v) is 5.56. The molecule has 0 bridgehead atoms. The van der Waals surface area contributed by atoms with Gasteiger partial charge in [-0.05, 0) is 5.56 Å². The Labute approximate surface area is 110 Å². The molecule has 3 nitrogen and oxygen atoms in total. The first-order valence-corrected chi connectivity index (χ1v) is 6.66. The predicted molar refractivity (Wildman–Crippen MR) is 72.4 cm³/mol. The number of rotatable bonds is 4. The van der Waals surface area contributed by atoms with E-state index in [1.54, 1.807) is 0 Å². The normalized spacial score (nSPS) is 10.8. The van der Waals surface area contributed by atoms with Crippen LogP contribution < -0.4 is 0 Å². The fourth-order valence-electron chi connectivity index (χ4n) is 1.69. The van der Waals surface area contributed by atoms with Gasteiger partial charge in [-0.25, -0.2) is 9.78 Å². The summed E-state index contributed by atoms with van der Waals surface area (Å²) in [7, 11) is 0. The largest absolute Gasteiger partial charge is 0.476 e. The molecule has 0 fully saturated rings. The van der Waals surface area contributed by atoms with E-state index in [4.69, 9.17) is 0 Å². The molecule has 18 heavy (non-hydrogen) atoms. The summed E-state index contributed by atoms with van der Waals surface area (Å²) in [4.78, 5) is 16.2. The Bertz CT molecular complexity index is 546. The Hall–Kier alpha value is -1.68. The van der Waals surface area contributed by atoms with E-state index >= 15 is 0 Å². The molecule has 0 saturated heterocycles. The van der Waals surface area contributed by atoms with Gasteiger partial charge in [0.15, 0.2) is 5.69 Å². The van der Waals surface area contributed by atoms with Crippen molar-refractivity contribution in [3.05, 3.63) is 51.5 Å². The van der Waals surface area contributed by atoms with Crippen LogP contribution in [0.15, 0.2) is 30.3 Å². The highest BCUT2D eigenvalue weighted by Gasteiger charge is 2.18. The van der Waals surface area contributed by atoms with Gasteiger partial charge >= 0.3 is 5.97 Å². The molecule has 1 N–H and O–H groups in total. The number of carbonyl (C=O) groups is 1. The summed E-state index contributed by atoms with van der Waals surface area (Å²) in [5.41, 5.74) is 1.31. The first-order valence-electron chi connectivity index (χ1n) is 5.84. The molecule has 0 saturated carbocycles. The molecule has 0 atom stereocenters. The van der Waals surface area contributed by atoms with Crippen LogP contribution in [0, 0.1) is 0 Å². The molecule has 4 heteroatoms. The highest BCUT2D eigenvalue weighted by molar-refractivity contribution is 7.12. The number of thiazole rings is 1. The maximum absolute atomic E-state index is 11.2. The number of hydrogen-bond donors (Lipinski definition) is 1. The van der Waals surface area contributed by atoms with E-state index in [0.29, 0.717) is 6.42 Å². The van der Waals surface area contributed by atoms with Crippen LogP contribution in [0.1, 0.15) is 45.7 Å². The number of aromatic nitrogens is 1. The summed E-state index contributed by atoms with van der Waals surface area (Å²) < 4.78 is 0. The smallest absolute Gasteiger partial charge is 0.355 e. The van der Waals surface area contributed by atoms with Crippen LogP contribution in [0.4, 0.5) is 0 Å². The fourth-order valence-corrected chi connectivity index (χ4v) is 2.78. The lowest BCUT2D eigenvalue weighted by atomic mass is 10.1. The van der Waals surface area contributed by atoms with Crippen molar-refractivity contribution in [1.29, 1.82) is 0 Å². The Morgan fingerprint density at radius 1 is 1.33 bits per heavy atom. The molecular weight excluding hydrogens is 246 g/mol. The SMILES string of the molecule is CC(C)c1nc(C(=O)O)c(Cc2ccccc2)s1. The summed E-state index contributed by atoms with van der Waals surface area (Å²) in [6, 6.07) is 9.87. The van der Waals surface area contributed by atoms with E-state index in [-0.39, 0.29) is 11.6 Å². The van der Waals surface area contributed by atoms with Gasteiger partial charge in [0.05, 0.1) is 5.01 Å². The van der Waals surface area contributed by atoms with Crippen molar-refractivity contribution >= 4 is 17.3 Å². The number of hydrogen-bond acceptors (Lipinski definition) is 3. The van der Waals surface area contributed by atoms with E-state index < -0.39 is 5.97 Å². The standard InChI is InChI=1S/C14H15NO2S/c1-9(2)13-15-12(14(16)17)11(18-13)8-10-6-4-3-5-7-10/h3-7,9H,8H2,1-2H3,(H,16,17). The maximum Gasteiger partial charge on any atom is 0.355 e. The molecule has 2 rings (SSSR count). The van der Waals surface area contributed by atoms with Crippen molar-refractivity contribution in [3.63, 3.8) is 0 Å². The maximum atomic E-state index is 11.2. The van der Waals surface area contributed by atoms with Gasteiger partial charge in [0.1, 0.15) is 0 Å². The number of nitrogens with zero attached hydrogens (tertiary/aromatic N) is 1. The van der Waals surface area contributed by atoms with Crippen molar-refractivity contribution in [1.82, 2.24) is 4.98 Å². The quantitative estimate of drug-likeness (QED) is 0.915. The lowest BCUT2D eigenvalue weighted by molar-refractivity contribution is 0.0690. The minimum atomic E-state index is -0.941. The third-order valence-electron chi connectivity index (χ3n) is 2.62. The number of benzene rings is 1. The third kappa shape index (κ3) is 2.76. The van der Waals surface area contributed by atoms with Crippen LogP contribution in [-0.2, 0) is 6.42 Å². The molecule has 0 aliphatic rings. The lowest BCUT2D eigenvalue weighted by Crippen LogP contribution is -2.02.